The molecule has 0 saturated carbocycles. The van der Waals surface area contributed by atoms with Crippen LogP contribution in [0.25, 0.3) is 0 Å². The summed E-state index contributed by atoms with van der Waals surface area (Å²) in [6, 6.07) is 3.48. The number of alkyl halides is 3. The van der Waals surface area contributed by atoms with Gasteiger partial charge in [0, 0.05) is 19.7 Å². The summed E-state index contributed by atoms with van der Waals surface area (Å²) in [5.74, 6) is 0. The Labute approximate surface area is 132 Å². The first-order chi connectivity index (χ1) is 10.7. The van der Waals surface area contributed by atoms with Crippen molar-refractivity contribution in [3.05, 3.63) is 29.3 Å². The molecule has 0 radical (unpaired) electrons. The molecule has 1 aliphatic heterocycles. The number of sulfonamides is 1. The van der Waals surface area contributed by atoms with E-state index < -0.39 is 38.3 Å². The van der Waals surface area contributed by atoms with Gasteiger partial charge in [-0.15, -0.1) is 0 Å². The maximum absolute atomic E-state index is 13.0. The molecule has 5 nitrogen and oxygen atoms in total. The number of hydrogen-bond acceptors (Lipinski definition) is 4. The minimum absolute atomic E-state index is 0.182. The average Bonchev–Trinajstić information content (AvgIpc) is 2.95. The smallest absolute Gasteiger partial charge is 0.383 e. The van der Waals surface area contributed by atoms with E-state index in [0.29, 0.717) is 18.9 Å². The van der Waals surface area contributed by atoms with E-state index in [-0.39, 0.29) is 13.2 Å². The van der Waals surface area contributed by atoms with Crippen molar-refractivity contribution in [2.75, 3.05) is 20.3 Å². The van der Waals surface area contributed by atoms with Crippen LogP contribution in [0.1, 0.15) is 24.0 Å². The number of halogens is 3. The summed E-state index contributed by atoms with van der Waals surface area (Å²) in [4.78, 5) is -0.466. The average molecular weight is 348 g/mol. The fourth-order valence-electron chi connectivity index (χ4n) is 2.64. The second kappa shape index (κ2) is 6.47. The van der Waals surface area contributed by atoms with Gasteiger partial charge in [-0.25, -0.2) is 8.42 Å². The summed E-state index contributed by atoms with van der Waals surface area (Å²) >= 11 is 0. The van der Waals surface area contributed by atoms with E-state index in [1.165, 1.54) is 13.2 Å². The van der Waals surface area contributed by atoms with Gasteiger partial charge < -0.3 is 4.74 Å². The number of rotatable bonds is 4. The molecule has 2 rings (SSSR count). The van der Waals surface area contributed by atoms with Crippen molar-refractivity contribution in [2.24, 2.45) is 0 Å². The molecular weight excluding hydrogens is 333 g/mol. The van der Waals surface area contributed by atoms with E-state index in [4.69, 9.17) is 10.00 Å². The maximum atomic E-state index is 13.0. The van der Waals surface area contributed by atoms with Gasteiger partial charge in [0.25, 0.3) is 0 Å². The van der Waals surface area contributed by atoms with Crippen molar-refractivity contribution >= 4 is 10.0 Å². The van der Waals surface area contributed by atoms with Gasteiger partial charge in [0.2, 0.25) is 10.0 Å². The first-order valence-corrected chi connectivity index (χ1v) is 8.28. The van der Waals surface area contributed by atoms with Crippen molar-refractivity contribution < 1.29 is 26.3 Å². The van der Waals surface area contributed by atoms with Crippen LogP contribution in [0.15, 0.2) is 23.1 Å². The second-order valence-corrected chi connectivity index (χ2v) is 7.07. The number of methoxy groups -OCH3 is 1. The fourth-order valence-corrected chi connectivity index (χ4v) is 4.34. The van der Waals surface area contributed by atoms with E-state index in [1.807, 2.05) is 0 Å². The van der Waals surface area contributed by atoms with Gasteiger partial charge in [-0.1, -0.05) is 0 Å². The molecule has 0 aromatic heterocycles. The van der Waals surface area contributed by atoms with Gasteiger partial charge >= 0.3 is 6.18 Å². The Morgan fingerprint density at radius 3 is 2.70 bits per heavy atom. The van der Waals surface area contributed by atoms with Crippen LogP contribution < -0.4 is 0 Å². The molecule has 0 spiro atoms. The van der Waals surface area contributed by atoms with E-state index in [0.717, 1.165) is 16.4 Å². The Hall–Kier alpha value is -1.63. The van der Waals surface area contributed by atoms with Crippen molar-refractivity contribution in [1.82, 2.24) is 4.31 Å². The zero-order chi connectivity index (χ0) is 17.3. The first kappa shape index (κ1) is 17.7. The fraction of sp³-hybridized carbons (Fsp3) is 0.500. The lowest BCUT2D eigenvalue weighted by Crippen LogP contribution is -2.38. The second-order valence-electron chi connectivity index (χ2n) is 5.18. The third-order valence-corrected chi connectivity index (χ3v) is 5.65. The highest BCUT2D eigenvalue weighted by atomic mass is 32.2. The van der Waals surface area contributed by atoms with Gasteiger partial charge in [-0.05, 0) is 31.0 Å². The van der Waals surface area contributed by atoms with E-state index in [2.05, 4.69) is 0 Å². The van der Waals surface area contributed by atoms with Crippen LogP contribution in [0.5, 0.6) is 0 Å². The van der Waals surface area contributed by atoms with Crippen molar-refractivity contribution in [2.45, 2.75) is 30.0 Å². The highest BCUT2D eigenvalue weighted by Crippen LogP contribution is 2.35. The Morgan fingerprint density at radius 2 is 2.13 bits per heavy atom. The van der Waals surface area contributed by atoms with Gasteiger partial charge in [0.1, 0.15) is 0 Å². The predicted molar refractivity (Wildman–Crippen MR) is 74.9 cm³/mol. The number of benzene rings is 1. The third-order valence-electron chi connectivity index (χ3n) is 3.71. The molecule has 1 fully saturated rings. The SMILES string of the molecule is COCC1CCCN1S(=O)(=O)c1ccc(C#N)c(C(F)(F)F)c1. The van der Waals surface area contributed by atoms with E-state index in [9.17, 15) is 21.6 Å². The van der Waals surface area contributed by atoms with Crippen LogP contribution in [0.4, 0.5) is 13.2 Å². The van der Waals surface area contributed by atoms with Crippen LogP contribution in [0.3, 0.4) is 0 Å². The van der Waals surface area contributed by atoms with Crippen LogP contribution in [-0.4, -0.2) is 39.0 Å². The lowest BCUT2D eigenvalue weighted by atomic mass is 10.1. The first-order valence-electron chi connectivity index (χ1n) is 6.84. The molecule has 0 N–H and O–H groups in total. The summed E-state index contributed by atoms with van der Waals surface area (Å²) in [6.45, 7) is 0.416. The quantitative estimate of drug-likeness (QED) is 0.838. The summed E-state index contributed by atoms with van der Waals surface area (Å²) in [5.41, 5.74) is -1.85. The Balaban J connectivity index is 2.47. The lowest BCUT2D eigenvalue weighted by molar-refractivity contribution is -0.137. The third kappa shape index (κ3) is 3.49. The number of hydrogen-bond donors (Lipinski definition) is 0. The van der Waals surface area contributed by atoms with Crippen molar-refractivity contribution in [3.8, 4) is 6.07 Å². The Morgan fingerprint density at radius 1 is 1.43 bits per heavy atom. The molecule has 1 unspecified atom stereocenters. The van der Waals surface area contributed by atoms with Gasteiger partial charge in [0.15, 0.2) is 0 Å². The molecule has 0 bridgehead atoms. The number of nitriles is 1. The summed E-state index contributed by atoms with van der Waals surface area (Å²) < 4.78 is 70.4. The van der Waals surface area contributed by atoms with Crippen LogP contribution in [0.2, 0.25) is 0 Å². The summed E-state index contributed by atoms with van der Waals surface area (Å²) in [5, 5.41) is 8.77. The summed E-state index contributed by atoms with van der Waals surface area (Å²) in [6.07, 6.45) is -3.58. The molecule has 1 aliphatic rings. The van der Waals surface area contributed by atoms with Gasteiger partial charge in [-0.3, -0.25) is 0 Å². The molecule has 23 heavy (non-hydrogen) atoms. The molecule has 126 valence electrons. The Bertz CT molecular complexity index is 726. The normalized spacial score (nSPS) is 19.7. The molecular formula is C14H15F3N2O3S. The topological polar surface area (TPSA) is 70.4 Å². The molecule has 1 saturated heterocycles. The number of nitrogens with zero attached hydrogens (tertiary/aromatic N) is 2. The lowest BCUT2D eigenvalue weighted by Gasteiger charge is -2.24. The largest absolute Gasteiger partial charge is 0.417 e. The monoisotopic (exact) mass is 348 g/mol. The van der Waals surface area contributed by atoms with Crippen LogP contribution in [-0.2, 0) is 20.9 Å². The van der Waals surface area contributed by atoms with E-state index in [1.54, 1.807) is 0 Å². The minimum atomic E-state index is -4.80. The molecule has 1 aromatic rings. The summed E-state index contributed by atoms with van der Waals surface area (Å²) in [7, 11) is -2.64. The predicted octanol–water partition coefficient (Wildman–Crippen LogP) is 2.38. The van der Waals surface area contributed by atoms with Gasteiger partial charge in [-0.2, -0.15) is 22.7 Å². The maximum Gasteiger partial charge on any atom is 0.417 e. The molecule has 0 aliphatic carbocycles. The zero-order valence-corrected chi connectivity index (χ0v) is 13.1. The van der Waals surface area contributed by atoms with Crippen LogP contribution >= 0.6 is 0 Å². The van der Waals surface area contributed by atoms with Crippen molar-refractivity contribution in [1.29, 1.82) is 5.26 Å². The molecule has 1 aromatic carbocycles. The molecule has 1 heterocycles. The highest BCUT2D eigenvalue weighted by molar-refractivity contribution is 7.89. The van der Waals surface area contributed by atoms with Gasteiger partial charge in [0.05, 0.1) is 28.7 Å². The van der Waals surface area contributed by atoms with Crippen molar-refractivity contribution in [3.63, 3.8) is 0 Å². The molecule has 1 atom stereocenters. The Kier molecular flexibility index (Phi) is 4.98. The van der Waals surface area contributed by atoms with Crippen LogP contribution in [0, 0.1) is 11.3 Å². The molecule has 0 amide bonds. The van der Waals surface area contributed by atoms with E-state index >= 15 is 0 Å². The molecule has 9 heteroatoms. The zero-order valence-electron chi connectivity index (χ0n) is 12.3. The standard InChI is InChI=1S/C14H15F3N2O3S/c1-22-9-11-3-2-6-19(11)23(20,21)12-5-4-10(8-18)13(7-12)14(15,16)17/h4-5,7,11H,2-3,6,9H2,1H3. The number of ether oxygens (including phenoxy) is 1. The highest BCUT2D eigenvalue weighted by Gasteiger charge is 2.38. The minimum Gasteiger partial charge on any atom is -0.383 e.